The van der Waals surface area contributed by atoms with E-state index in [-0.39, 0.29) is 30.1 Å². The molecular weight excluding hydrogens is 348 g/mol. The third-order valence-corrected chi connectivity index (χ3v) is 3.67. The molecule has 7 nitrogen and oxygen atoms in total. The van der Waals surface area contributed by atoms with Crippen molar-refractivity contribution in [3.63, 3.8) is 0 Å². The number of nitrogens with one attached hydrogen (secondary N) is 1. The Hall–Kier alpha value is -2.93. The van der Waals surface area contributed by atoms with E-state index in [4.69, 9.17) is 16.3 Å². The van der Waals surface area contributed by atoms with Crippen molar-refractivity contribution >= 4 is 34.7 Å². The summed E-state index contributed by atoms with van der Waals surface area (Å²) >= 11 is 5.76. The van der Waals surface area contributed by atoms with Crippen molar-refractivity contribution in [3.8, 4) is 5.75 Å². The molecule has 0 radical (unpaired) electrons. The number of carbonyl (C=O) groups is 2. The van der Waals surface area contributed by atoms with Crippen LogP contribution in [-0.2, 0) is 4.79 Å². The summed E-state index contributed by atoms with van der Waals surface area (Å²) in [5, 5.41) is 13.9. The Kier molecular flexibility index (Phi) is 6.08. The van der Waals surface area contributed by atoms with Gasteiger partial charge >= 0.3 is 0 Å². The van der Waals surface area contributed by atoms with Crippen LogP contribution in [0.4, 0.5) is 11.4 Å². The topological polar surface area (TPSA) is 98.5 Å². The first-order chi connectivity index (χ1) is 11.9. The zero-order valence-corrected chi connectivity index (χ0v) is 14.1. The van der Waals surface area contributed by atoms with E-state index in [2.05, 4.69) is 5.32 Å². The van der Waals surface area contributed by atoms with Crippen LogP contribution in [0.3, 0.4) is 0 Å². The molecule has 2 aromatic rings. The number of rotatable bonds is 7. The van der Waals surface area contributed by atoms with Crippen molar-refractivity contribution in [3.05, 3.63) is 63.2 Å². The highest BCUT2D eigenvalue weighted by molar-refractivity contribution is 6.30. The van der Waals surface area contributed by atoms with Gasteiger partial charge in [-0.25, -0.2) is 0 Å². The molecule has 0 bridgehead atoms. The lowest BCUT2D eigenvalue weighted by Gasteiger charge is -2.09. The first-order valence-corrected chi connectivity index (χ1v) is 7.69. The van der Waals surface area contributed by atoms with E-state index in [1.54, 1.807) is 24.3 Å². The molecule has 0 aromatic heterocycles. The second-order valence-electron chi connectivity index (χ2n) is 5.12. The van der Waals surface area contributed by atoms with Crippen LogP contribution in [0.1, 0.15) is 23.2 Å². The van der Waals surface area contributed by atoms with Crippen molar-refractivity contribution in [2.24, 2.45) is 0 Å². The van der Waals surface area contributed by atoms with Crippen molar-refractivity contribution in [1.82, 2.24) is 0 Å². The van der Waals surface area contributed by atoms with Crippen LogP contribution in [0.5, 0.6) is 5.75 Å². The molecule has 8 heteroatoms. The van der Waals surface area contributed by atoms with E-state index in [1.165, 1.54) is 25.3 Å². The Bertz CT molecular complexity index is 805. The quantitative estimate of drug-likeness (QED) is 0.458. The van der Waals surface area contributed by atoms with Gasteiger partial charge in [-0.2, -0.15) is 0 Å². The summed E-state index contributed by atoms with van der Waals surface area (Å²) in [6, 6.07) is 10.3. The van der Waals surface area contributed by atoms with Crippen LogP contribution in [0.25, 0.3) is 0 Å². The molecule has 0 spiro atoms. The van der Waals surface area contributed by atoms with Gasteiger partial charge in [0.05, 0.1) is 23.8 Å². The first-order valence-electron chi connectivity index (χ1n) is 7.31. The lowest BCUT2D eigenvalue weighted by Crippen LogP contribution is -2.14. The van der Waals surface area contributed by atoms with E-state index in [0.29, 0.717) is 16.3 Å². The van der Waals surface area contributed by atoms with Crippen molar-refractivity contribution in [2.75, 3.05) is 12.4 Å². The molecule has 1 amide bonds. The van der Waals surface area contributed by atoms with Gasteiger partial charge in [-0.3, -0.25) is 19.7 Å². The molecular formula is C17H15ClN2O5. The van der Waals surface area contributed by atoms with Gasteiger partial charge in [0.2, 0.25) is 5.91 Å². The van der Waals surface area contributed by atoms with Crippen LogP contribution >= 0.6 is 11.6 Å². The van der Waals surface area contributed by atoms with Crippen LogP contribution in [-0.4, -0.2) is 23.7 Å². The Morgan fingerprint density at radius 2 is 1.84 bits per heavy atom. The van der Waals surface area contributed by atoms with Crippen molar-refractivity contribution in [2.45, 2.75) is 12.8 Å². The molecule has 0 aliphatic heterocycles. The smallest absolute Gasteiger partial charge is 0.273 e. The standard InChI is InChI=1S/C17H15ClN2O5/c1-25-16-10-13(20(23)24)6-7-14(16)19-17(22)9-8-15(21)11-2-4-12(18)5-3-11/h2-7,10H,8-9H2,1H3,(H,19,22). The number of carbonyl (C=O) groups excluding carboxylic acids is 2. The minimum Gasteiger partial charge on any atom is -0.494 e. The molecule has 1 N–H and O–H groups in total. The van der Waals surface area contributed by atoms with Gasteiger partial charge in [-0.15, -0.1) is 0 Å². The Morgan fingerprint density at radius 1 is 1.16 bits per heavy atom. The number of halogens is 1. The second-order valence-corrected chi connectivity index (χ2v) is 5.56. The molecule has 0 aliphatic carbocycles. The molecule has 0 aliphatic rings. The number of nitro groups is 1. The lowest BCUT2D eigenvalue weighted by molar-refractivity contribution is -0.384. The number of nitrogens with zero attached hydrogens (tertiary/aromatic N) is 1. The van der Waals surface area contributed by atoms with Crippen LogP contribution < -0.4 is 10.1 Å². The number of non-ortho nitro benzene ring substituents is 1. The normalized spacial score (nSPS) is 10.2. The number of ether oxygens (including phenoxy) is 1. The maximum absolute atomic E-state index is 12.0. The molecule has 0 saturated carbocycles. The number of amides is 1. The van der Waals surface area contributed by atoms with E-state index < -0.39 is 10.8 Å². The largest absolute Gasteiger partial charge is 0.494 e. The summed E-state index contributed by atoms with van der Waals surface area (Å²) in [4.78, 5) is 34.2. The van der Waals surface area contributed by atoms with Crippen molar-refractivity contribution in [1.29, 1.82) is 0 Å². The third kappa shape index (κ3) is 5.02. The molecule has 0 atom stereocenters. The van der Waals surface area contributed by atoms with E-state index in [0.717, 1.165) is 0 Å². The number of nitro benzene ring substituents is 1. The highest BCUT2D eigenvalue weighted by atomic mass is 35.5. The fraction of sp³-hybridized carbons (Fsp3) is 0.176. The fourth-order valence-corrected chi connectivity index (χ4v) is 2.24. The highest BCUT2D eigenvalue weighted by Gasteiger charge is 2.14. The number of hydrogen-bond donors (Lipinski definition) is 1. The summed E-state index contributed by atoms with van der Waals surface area (Å²) in [6.07, 6.45) is 0.00433. The number of benzene rings is 2. The molecule has 0 fully saturated rings. The lowest BCUT2D eigenvalue weighted by atomic mass is 10.1. The zero-order valence-electron chi connectivity index (χ0n) is 13.3. The van der Waals surface area contributed by atoms with Crippen LogP contribution in [0, 0.1) is 10.1 Å². The van der Waals surface area contributed by atoms with Gasteiger partial charge in [-0.1, -0.05) is 11.6 Å². The fourth-order valence-electron chi connectivity index (χ4n) is 2.12. The number of Topliss-reactive ketones (excluding diaryl/α,β-unsaturated/α-hetero) is 1. The summed E-state index contributed by atoms with van der Waals surface area (Å²) in [5.41, 5.74) is 0.634. The van der Waals surface area contributed by atoms with Crippen LogP contribution in [0.15, 0.2) is 42.5 Å². The number of hydrogen-bond acceptors (Lipinski definition) is 5. The molecule has 0 saturated heterocycles. The summed E-state index contributed by atoms with van der Waals surface area (Å²) in [5.74, 6) is -0.400. The predicted octanol–water partition coefficient (Wildman–Crippen LogP) is 3.86. The maximum Gasteiger partial charge on any atom is 0.273 e. The number of methoxy groups -OCH3 is 1. The molecule has 130 valence electrons. The molecule has 2 aromatic carbocycles. The summed E-state index contributed by atoms with van der Waals surface area (Å²) < 4.78 is 5.04. The Labute approximate surface area is 148 Å². The minimum absolute atomic E-state index is 0.0262. The summed E-state index contributed by atoms with van der Waals surface area (Å²) in [7, 11) is 1.35. The van der Waals surface area contributed by atoms with Gasteiger partial charge in [0.25, 0.3) is 5.69 Å². The molecule has 2 rings (SSSR count). The number of ketones is 1. The van der Waals surface area contributed by atoms with Gasteiger partial charge in [-0.05, 0) is 30.3 Å². The van der Waals surface area contributed by atoms with Crippen molar-refractivity contribution < 1.29 is 19.2 Å². The van der Waals surface area contributed by atoms with Gasteiger partial charge in [0, 0.05) is 29.5 Å². The Balaban J connectivity index is 1.97. The monoisotopic (exact) mass is 362 g/mol. The predicted molar refractivity (Wildman–Crippen MR) is 93.3 cm³/mol. The second kappa shape index (κ2) is 8.25. The van der Waals surface area contributed by atoms with Gasteiger partial charge < -0.3 is 10.1 Å². The SMILES string of the molecule is COc1cc([N+](=O)[O-])ccc1NC(=O)CCC(=O)c1ccc(Cl)cc1. The first kappa shape index (κ1) is 18.4. The minimum atomic E-state index is -0.557. The molecule has 0 unspecified atom stereocenters. The van der Waals surface area contributed by atoms with E-state index in [1.807, 2.05) is 0 Å². The third-order valence-electron chi connectivity index (χ3n) is 3.42. The van der Waals surface area contributed by atoms with Gasteiger partial charge in [0.15, 0.2) is 5.78 Å². The average molecular weight is 363 g/mol. The van der Waals surface area contributed by atoms with Gasteiger partial charge in [0.1, 0.15) is 5.75 Å². The van der Waals surface area contributed by atoms with E-state index >= 15 is 0 Å². The van der Waals surface area contributed by atoms with Crippen LogP contribution in [0.2, 0.25) is 5.02 Å². The van der Waals surface area contributed by atoms with E-state index in [9.17, 15) is 19.7 Å². The zero-order chi connectivity index (χ0) is 18.4. The maximum atomic E-state index is 12.0. The number of anilines is 1. The summed E-state index contributed by atoms with van der Waals surface area (Å²) in [6.45, 7) is 0. The molecule has 25 heavy (non-hydrogen) atoms. The Morgan fingerprint density at radius 3 is 2.44 bits per heavy atom. The average Bonchev–Trinajstić information content (AvgIpc) is 2.60. The molecule has 0 heterocycles. The highest BCUT2D eigenvalue weighted by Crippen LogP contribution is 2.29.